The van der Waals surface area contributed by atoms with Crippen LogP contribution in [-0.2, 0) is 16.1 Å². The minimum Gasteiger partial charge on any atom is -0.463 e. The number of hydrogen-bond donors (Lipinski definition) is 1. The summed E-state index contributed by atoms with van der Waals surface area (Å²) in [5, 5.41) is 2.53. The Morgan fingerprint density at radius 1 is 1.24 bits per heavy atom. The molecule has 128 valence electrons. The van der Waals surface area contributed by atoms with Crippen LogP contribution in [0.3, 0.4) is 0 Å². The third-order valence-corrected chi connectivity index (χ3v) is 4.03. The number of methoxy groups -OCH3 is 1. The minimum atomic E-state index is -0.626. The Morgan fingerprint density at radius 3 is 2.64 bits per heavy atom. The van der Waals surface area contributed by atoms with E-state index in [0.717, 1.165) is 14.9 Å². The summed E-state index contributed by atoms with van der Waals surface area (Å²) in [5.74, 6) is -0.785. The zero-order valence-corrected chi connectivity index (χ0v) is 14.7. The molecule has 0 unspecified atom stereocenters. The van der Waals surface area contributed by atoms with Crippen LogP contribution in [0, 0.1) is 0 Å². The fraction of sp³-hybridized carbons (Fsp3) is 0.118. The van der Waals surface area contributed by atoms with Gasteiger partial charge in [-0.05, 0) is 35.9 Å². The number of esters is 1. The first-order valence-corrected chi connectivity index (χ1v) is 8.04. The number of halogens is 1. The van der Waals surface area contributed by atoms with Crippen molar-refractivity contribution in [2.24, 2.45) is 0 Å². The highest BCUT2D eigenvalue weighted by Crippen LogP contribution is 2.19. The van der Waals surface area contributed by atoms with Crippen LogP contribution in [0.15, 0.2) is 51.0 Å². The average Bonchev–Trinajstić information content (AvgIpc) is 3.17. The molecule has 2 aromatic rings. The smallest absolute Gasteiger partial charge is 0.373 e. The Balaban J connectivity index is 1.76. The molecule has 1 fully saturated rings. The lowest BCUT2D eigenvalue weighted by Gasteiger charge is -2.09. The molecule has 1 aromatic heterocycles. The summed E-state index contributed by atoms with van der Waals surface area (Å²) in [6.07, 6.45) is 1.59. The lowest BCUT2D eigenvalue weighted by molar-refractivity contribution is -0.123. The van der Waals surface area contributed by atoms with Crippen molar-refractivity contribution in [1.82, 2.24) is 10.2 Å². The van der Waals surface area contributed by atoms with Gasteiger partial charge in [0, 0.05) is 4.47 Å². The zero-order chi connectivity index (χ0) is 18.0. The molecule has 2 heterocycles. The van der Waals surface area contributed by atoms with Crippen molar-refractivity contribution < 1.29 is 23.5 Å². The summed E-state index contributed by atoms with van der Waals surface area (Å²) < 4.78 is 10.8. The number of imide groups is 1. The van der Waals surface area contributed by atoms with Crippen LogP contribution in [0.25, 0.3) is 6.08 Å². The zero-order valence-electron chi connectivity index (χ0n) is 13.1. The predicted octanol–water partition coefficient (Wildman–Crippen LogP) is 2.92. The minimum absolute atomic E-state index is 0.00943. The molecular weight excluding hydrogens is 392 g/mol. The van der Waals surface area contributed by atoms with E-state index in [-0.39, 0.29) is 18.0 Å². The molecule has 0 radical (unpaired) electrons. The monoisotopic (exact) mass is 404 g/mol. The molecular formula is C17H13BrN2O5. The van der Waals surface area contributed by atoms with Gasteiger partial charge in [-0.2, -0.15) is 0 Å². The first kappa shape index (κ1) is 17.0. The molecule has 1 aliphatic heterocycles. The van der Waals surface area contributed by atoms with E-state index in [9.17, 15) is 14.4 Å². The van der Waals surface area contributed by atoms with Crippen LogP contribution in [0.1, 0.15) is 21.9 Å². The second kappa shape index (κ2) is 6.94. The van der Waals surface area contributed by atoms with Crippen LogP contribution >= 0.6 is 15.9 Å². The number of amides is 3. The van der Waals surface area contributed by atoms with Gasteiger partial charge in [-0.1, -0.05) is 28.1 Å². The fourth-order valence-corrected chi connectivity index (χ4v) is 2.53. The largest absolute Gasteiger partial charge is 0.463 e. The van der Waals surface area contributed by atoms with Gasteiger partial charge in [0.1, 0.15) is 11.5 Å². The molecule has 1 saturated heterocycles. The normalized spacial score (nSPS) is 15.6. The van der Waals surface area contributed by atoms with Crippen molar-refractivity contribution in [3.8, 4) is 0 Å². The maximum Gasteiger partial charge on any atom is 0.373 e. The third kappa shape index (κ3) is 3.63. The molecule has 1 N–H and O–H groups in total. The predicted molar refractivity (Wildman–Crippen MR) is 91.2 cm³/mol. The summed E-state index contributed by atoms with van der Waals surface area (Å²) in [7, 11) is 1.24. The number of carbonyl (C=O) groups is 3. The number of rotatable bonds is 4. The summed E-state index contributed by atoms with van der Waals surface area (Å²) >= 11 is 3.33. The topological polar surface area (TPSA) is 88.9 Å². The number of benzene rings is 1. The van der Waals surface area contributed by atoms with Crippen LogP contribution in [-0.4, -0.2) is 29.9 Å². The highest BCUT2D eigenvalue weighted by atomic mass is 79.9. The van der Waals surface area contributed by atoms with Gasteiger partial charge >= 0.3 is 12.0 Å². The van der Waals surface area contributed by atoms with Crippen LogP contribution in [0.4, 0.5) is 4.79 Å². The van der Waals surface area contributed by atoms with E-state index in [1.54, 1.807) is 6.08 Å². The van der Waals surface area contributed by atoms with E-state index in [1.807, 2.05) is 24.3 Å². The standard InChI is InChI=1S/C17H13BrN2O5/c1-24-16(22)14-7-6-12(25-14)9-20-15(21)13(19-17(20)23)8-10-2-4-11(18)5-3-10/h2-8H,9H2,1H3,(H,19,23). The summed E-state index contributed by atoms with van der Waals surface area (Å²) in [6, 6.07) is 9.69. The van der Waals surface area contributed by atoms with E-state index in [0.29, 0.717) is 5.76 Å². The maximum absolute atomic E-state index is 12.4. The number of nitrogens with zero attached hydrogens (tertiary/aromatic N) is 1. The van der Waals surface area contributed by atoms with Crippen molar-refractivity contribution in [2.75, 3.05) is 7.11 Å². The Bertz CT molecular complexity index is 869. The van der Waals surface area contributed by atoms with Gasteiger partial charge in [-0.25, -0.2) is 9.59 Å². The summed E-state index contributed by atoms with van der Waals surface area (Å²) in [5.41, 5.74) is 0.951. The lowest BCUT2D eigenvalue weighted by Crippen LogP contribution is -2.30. The number of nitrogens with one attached hydrogen (secondary N) is 1. The van der Waals surface area contributed by atoms with E-state index in [2.05, 4.69) is 26.0 Å². The first-order chi connectivity index (χ1) is 12.0. The maximum atomic E-state index is 12.4. The second-order valence-corrected chi connectivity index (χ2v) is 6.10. The average molecular weight is 405 g/mol. The molecule has 0 bridgehead atoms. The number of furan rings is 1. The second-order valence-electron chi connectivity index (χ2n) is 5.19. The SMILES string of the molecule is COC(=O)c1ccc(CN2C(=O)NC(=Cc3ccc(Br)cc3)C2=O)o1. The number of urea groups is 1. The third-order valence-electron chi connectivity index (χ3n) is 3.51. The van der Waals surface area contributed by atoms with E-state index in [4.69, 9.17) is 4.42 Å². The van der Waals surface area contributed by atoms with Gasteiger partial charge in [-0.15, -0.1) is 0 Å². The van der Waals surface area contributed by atoms with Crippen LogP contribution in [0.2, 0.25) is 0 Å². The van der Waals surface area contributed by atoms with Gasteiger partial charge < -0.3 is 14.5 Å². The molecule has 0 saturated carbocycles. The van der Waals surface area contributed by atoms with Gasteiger partial charge in [0.05, 0.1) is 13.7 Å². The van der Waals surface area contributed by atoms with Gasteiger partial charge in [-0.3, -0.25) is 9.69 Å². The van der Waals surface area contributed by atoms with Gasteiger partial charge in [0.15, 0.2) is 0 Å². The Hall–Kier alpha value is -2.87. The molecule has 0 aliphatic carbocycles. The van der Waals surface area contributed by atoms with Crippen LogP contribution in [0.5, 0.6) is 0 Å². The lowest BCUT2D eigenvalue weighted by atomic mass is 10.2. The molecule has 0 atom stereocenters. The Kier molecular flexibility index (Phi) is 4.71. The molecule has 0 spiro atoms. The number of ether oxygens (including phenoxy) is 1. The highest BCUT2D eigenvalue weighted by molar-refractivity contribution is 9.10. The van der Waals surface area contributed by atoms with Crippen molar-refractivity contribution in [2.45, 2.75) is 6.54 Å². The molecule has 1 aromatic carbocycles. The van der Waals surface area contributed by atoms with Crippen molar-refractivity contribution in [1.29, 1.82) is 0 Å². The van der Waals surface area contributed by atoms with Crippen LogP contribution < -0.4 is 5.32 Å². The molecule has 3 rings (SSSR count). The number of hydrogen-bond acceptors (Lipinski definition) is 5. The molecule has 3 amide bonds. The molecule has 1 aliphatic rings. The Labute approximate surface area is 151 Å². The van der Waals surface area contributed by atoms with Crippen molar-refractivity contribution in [3.05, 3.63) is 63.7 Å². The van der Waals surface area contributed by atoms with Gasteiger partial charge in [0.2, 0.25) is 5.76 Å². The van der Waals surface area contributed by atoms with Crippen molar-refractivity contribution >= 4 is 39.9 Å². The molecule has 25 heavy (non-hydrogen) atoms. The van der Waals surface area contributed by atoms with E-state index >= 15 is 0 Å². The number of carbonyl (C=O) groups excluding carboxylic acids is 3. The van der Waals surface area contributed by atoms with E-state index < -0.39 is 17.9 Å². The Morgan fingerprint density at radius 2 is 1.96 bits per heavy atom. The fourth-order valence-electron chi connectivity index (χ4n) is 2.27. The van der Waals surface area contributed by atoms with E-state index in [1.165, 1.54) is 19.2 Å². The highest BCUT2D eigenvalue weighted by Gasteiger charge is 2.34. The molecule has 7 nitrogen and oxygen atoms in total. The first-order valence-electron chi connectivity index (χ1n) is 7.25. The molecule has 8 heteroatoms. The van der Waals surface area contributed by atoms with Gasteiger partial charge in [0.25, 0.3) is 5.91 Å². The van der Waals surface area contributed by atoms with Crippen molar-refractivity contribution in [3.63, 3.8) is 0 Å². The quantitative estimate of drug-likeness (QED) is 0.480. The summed E-state index contributed by atoms with van der Waals surface area (Å²) in [6.45, 7) is -0.0840. The summed E-state index contributed by atoms with van der Waals surface area (Å²) in [4.78, 5) is 36.9.